The minimum Gasteiger partial charge on any atom is -0.489 e. The van der Waals surface area contributed by atoms with E-state index in [9.17, 15) is 14.4 Å². The Hall–Kier alpha value is -4.33. The van der Waals surface area contributed by atoms with E-state index in [1.54, 1.807) is 24.3 Å². The molecule has 4 rings (SSSR count). The number of anilines is 1. The summed E-state index contributed by atoms with van der Waals surface area (Å²) in [5.74, 6) is -0.0460. The average Bonchev–Trinajstić information content (AvgIpc) is 3.29. The maximum absolute atomic E-state index is 12.3. The molecule has 1 amide bonds. The number of rotatable bonds is 8. The number of ether oxygens (including phenoxy) is 4. The normalized spacial score (nSPS) is 11.5. The van der Waals surface area contributed by atoms with E-state index in [1.807, 2.05) is 30.3 Å². The lowest BCUT2D eigenvalue weighted by Gasteiger charge is -2.11. The van der Waals surface area contributed by atoms with Crippen molar-refractivity contribution in [3.8, 4) is 17.2 Å². The van der Waals surface area contributed by atoms with Crippen LogP contribution in [0.2, 0.25) is 0 Å². The molecule has 33 heavy (non-hydrogen) atoms. The minimum absolute atomic E-state index is 0.0395. The molecule has 0 unspecified atom stereocenters. The summed E-state index contributed by atoms with van der Waals surface area (Å²) in [4.78, 5) is 36.5. The van der Waals surface area contributed by atoms with Crippen LogP contribution in [0.5, 0.6) is 17.2 Å². The zero-order valence-electron chi connectivity index (χ0n) is 17.8. The van der Waals surface area contributed by atoms with Crippen molar-refractivity contribution in [1.82, 2.24) is 0 Å². The lowest BCUT2D eigenvalue weighted by molar-refractivity contribution is -0.119. The first kappa shape index (κ1) is 21.9. The van der Waals surface area contributed by atoms with Gasteiger partial charge in [-0.15, -0.1) is 0 Å². The second-order valence-corrected chi connectivity index (χ2v) is 7.23. The van der Waals surface area contributed by atoms with Crippen molar-refractivity contribution >= 4 is 23.3 Å². The summed E-state index contributed by atoms with van der Waals surface area (Å²) in [6, 6.07) is 19.2. The molecule has 1 aliphatic rings. The fourth-order valence-corrected chi connectivity index (χ4v) is 3.17. The highest BCUT2D eigenvalue weighted by atomic mass is 16.7. The maximum atomic E-state index is 12.3. The zero-order chi connectivity index (χ0) is 23.2. The zero-order valence-corrected chi connectivity index (χ0v) is 17.8. The molecule has 1 heterocycles. The van der Waals surface area contributed by atoms with Crippen LogP contribution in [0.15, 0.2) is 66.7 Å². The van der Waals surface area contributed by atoms with Crippen LogP contribution in [0, 0.1) is 0 Å². The van der Waals surface area contributed by atoms with Gasteiger partial charge in [0, 0.05) is 11.6 Å². The van der Waals surface area contributed by atoms with E-state index in [4.69, 9.17) is 18.9 Å². The molecule has 3 aromatic carbocycles. The third-order valence-corrected chi connectivity index (χ3v) is 4.84. The van der Waals surface area contributed by atoms with Gasteiger partial charge in [0.25, 0.3) is 5.91 Å². The molecule has 8 heteroatoms. The number of amides is 1. The fourth-order valence-electron chi connectivity index (χ4n) is 3.17. The van der Waals surface area contributed by atoms with Gasteiger partial charge in [-0.1, -0.05) is 30.3 Å². The monoisotopic (exact) mass is 447 g/mol. The van der Waals surface area contributed by atoms with E-state index in [0.717, 1.165) is 5.56 Å². The number of nitrogens with one attached hydrogen (secondary N) is 1. The topological polar surface area (TPSA) is 100 Å². The number of carbonyl (C=O) groups is 3. The third kappa shape index (κ3) is 5.48. The lowest BCUT2D eigenvalue weighted by Crippen LogP contribution is -2.22. The van der Waals surface area contributed by atoms with Crippen LogP contribution in [0.25, 0.3) is 0 Å². The molecule has 0 saturated heterocycles. The van der Waals surface area contributed by atoms with Gasteiger partial charge in [0.1, 0.15) is 12.4 Å². The third-order valence-electron chi connectivity index (χ3n) is 4.84. The smallest absolute Gasteiger partial charge is 0.338 e. The van der Waals surface area contributed by atoms with E-state index < -0.39 is 18.5 Å². The summed E-state index contributed by atoms with van der Waals surface area (Å²) < 4.78 is 21.3. The Kier molecular flexibility index (Phi) is 6.54. The molecule has 0 fully saturated rings. The number of fused-ring (bicyclic) bond motifs is 1. The summed E-state index contributed by atoms with van der Waals surface area (Å²) in [5.41, 5.74) is 1.84. The molecule has 0 spiro atoms. The Morgan fingerprint density at radius 2 is 1.64 bits per heavy atom. The van der Waals surface area contributed by atoms with E-state index in [-0.39, 0.29) is 29.4 Å². The van der Waals surface area contributed by atoms with Crippen LogP contribution in [0.4, 0.5) is 5.69 Å². The molecule has 0 aliphatic carbocycles. The SMILES string of the molecule is CC(=O)c1cc2c(cc1NC(=O)COC(=O)c1ccc(OCc3ccccc3)cc1)OCO2. The van der Waals surface area contributed by atoms with E-state index in [0.29, 0.717) is 23.9 Å². The van der Waals surface area contributed by atoms with Crippen molar-refractivity contribution in [2.45, 2.75) is 13.5 Å². The van der Waals surface area contributed by atoms with Gasteiger partial charge in [-0.25, -0.2) is 4.79 Å². The van der Waals surface area contributed by atoms with E-state index >= 15 is 0 Å². The van der Waals surface area contributed by atoms with Gasteiger partial charge in [0.05, 0.1) is 11.3 Å². The molecule has 1 N–H and O–H groups in total. The Bertz CT molecular complexity index is 1170. The average molecular weight is 447 g/mol. The maximum Gasteiger partial charge on any atom is 0.338 e. The highest BCUT2D eigenvalue weighted by Crippen LogP contribution is 2.37. The summed E-state index contributed by atoms with van der Waals surface area (Å²) in [7, 11) is 0. The van der Waals surface area contributed by atoms with Crippen molar-refractivity contribution in [2.75, 3.05) is 18.7 Å². The summed E-state index contributed by atoms with van der Waals surface area (Å²) in [6.45, 7) is 1.31. The molecule has 3 aromatic rings. The van der Waals surface area contributed by atoms with Crippen LogP contribution < -0.4 is 19.5 Å². The second kappa shape index (κ2) is 9.86. The summed E-state index contributed by atoms with van der Waals surface area (Å²) in [5, 5.41) is 2.58. The Morgan fingerprint density at radius 3 is 2.33 bits per heavy atom. The van der Waals surface area contributed by atoms with Crippen LogP contribution >= 0.6 is 0 Å². The van der Waals surface area contributed by atoms with Crippen molar-refractivity contribution in [3.05, 3.63) is 83.4 Å². The second-order valence-electron chi connectivity index (χ2n) is 7.23. The molecule has 0 atom stereocenters. The molecule has 0 aromatic heterocycles. The lowest BCUT2D eigenvalue weighted by atomic mass is 10.1. The number of ketones is 1. The van der Waals surface area contributed by atoms with Gasteiger partial charge in [-0.05, 0) is 42.8 Å². The number of benzene rings is 3. The van der Waals surface area contributed by atoms with Gasteiger partial charge in [0.15, 0.2) is 23.9 Å². The minimum atomic E-state index is -0.655. The van der Waals surface area contributed by atoms with Gasteiger partial charge in [-0.2, -0.15) is 0 Å². The van der Waals surface area contributed by atoms with Crippen LogP contribution in [0.3, 0.4) is 0 Å². The summed E-state index contributed by atoms with van der Waals surface area (Å²) in [6.07, 6.45) is 0. The van der Waals surface area contributed by atoms with E-state index in [2.05, 4.69) is 5.32 Å². The predicted molar refractivity (Wildman–Crippen MR) is 119 cm³/mol. The van der Waals surface area contributed by atoms with Gasteiger partial charge < -0.3 is 24.3 Å². The first-order valence-electron chi connectivity index (χ1n) is 10.2. The Labute approximate surface area is 190 Å². The quantitative estimate of drug-likeness (QED) is 0.412. The van der Waals surface area contributed by atoms with Crippen LogP contribution in [0.1, 0.15) is 33.2 Å². The van der Waals surface area contributed by atoms with Crippen LogP contribution in [-0.4, -0.2) is 31.1 Å². The van der Waals surface area contributed by atoms with E-state index in [1.165, 1.54) is 19.1 Å². The molecule has 0 radical (unpaired) electrons. The Balaban J connectivity index is 1.31. The van der Waals surface area contributed by atoms with Crippen molar-refractivity contribution in [3.63, 3.8) is 0 Å². The van der Waals surface area contributed by atoms with Crippen molar-refractivity contribution in [1.29, 1.82) is 0 Å². The first-order valence-corrected chi connectivity index (χ1v) is 10.2. The standard InChI is InChI=1S/C25H21NO7/c1-16(27)20-11-22-23(33-15-32-22)12-21(20)26-24(28)14-31-25(29)18-7-9-19(10-8-18)30-13-17-5-3-2-4-6-17/h2-12H,13-15H2,1H3,(H,26,28). The number of Topliss-reactive ketones (excluding diaryl/α,β-unsaturated/α-hetero) is 1. The van der Waals surface area contributed by atoms with Crippen molar-refractivity contribution < 1.29 is 33.3 Å². The molecule has 0 saturated carbocycles. The molecular weight excluding hydrogens is 426 g/mol. The molecule has 0 bridgehead atoms. The number of hydrogen-bond donors (Lipinski definition) is 1. The molecule has 8 nitrogen and oxygen atoms in total. The molecule has 1 aliphatic heterocycles. The first-order chi connectivity index (χ1) is 16.0. The fraction of sp³-hybridized carbons (Fsp3) is 0.160. The van der Waals surface area contributed by atoms with Gasteiger partial charge >= 0.3 is 5.97 Å². The van der Waals surface area contributed by atoms with Crippen LogP contribution in [-0.2, 0) is 16.1 Å². The molecular formula is C25H21NO7. The Morgan fingerprint density at radius 1 is 0.939 bits per heavy atom. The number of hydrogen-bond acceptors (Lipinski definition) is 7. The van der Waals surface area contributed by atoms with Crippen molar-refractivity contribution in [2.24, 2.45) is 0 Å². The van der Waals surface area contributed by atoms with Gasteiger partial charge in [0.2, 0.25) is 6.79 Å². The predicted octanol–water partition coefficient (Wildman–Crippen LogP) is 3.99. The summed E-state index contributed by atoms with van der Waals surface area (Å²) >= 11 is 0. The largest absolute Gasteiger partial charge is 0.489 e. The van der Waals surface area contributed by atoms with Gasteiger partial charge in [-0.3, -0.25) is 9.59 Å². The highest BCUT2D eigenvalue weighted by Gasteiger charge is 2.21. The highest BCUT2D eigenvalue weighted by molar-refractivity contribution is 6.05. The number of carbonyl (C=O) groups excluding carboxylic acids is 3. The molecule has 168 valence electrons. The number of esters is 1.